The number of carbonyl (C=O) groups is 3. The van der Waals surface area contributed by atoms with Crippen LogP contribution in [-0.2, 0) is 14.4 Å². The molecule has 0 aromatic carbocycles. The minimum atomic E-state index is -0.246. The highest BCUT2D eigenvalue weighted by atomic mass is 16.2. The zero-order valence-electron chi connectivity index (χ0n) is 17.1. The van der Waals surface area contributed by atoms with E-state index < -0.39 is 0 Å². The number of piperidine rings is 2. The van der Waals surface area contributed by atoms with Crippen molar-refractivity contribution in [3.05, 3.63) is 0 Å². The second-order valence-corrected chi connectivity index (χ2v) is 8.28. The number of unbranched alkanes of at least 4 members (excludes halogenated alkanes) is 2. The fraction of sp³-hybridized carbons (Fsp3) is 0.857. The van der Waals surface area contributed by atoms with Gasteiger partial charge in [0.25, 0.3) is 0 Å². The summed E-state index contributed by atoms with van der Waals surface area (Å²) in [5, 5.41) is 0. The van der Waals surface area contributed by atoms with E-state index in [2.05, 4.69) is 13.8 Å². The molecule has 0 radical (unpaired) electrons. The number of rotatable bonds is 8. The Morgan fingerprint density at radius 3 is 2.15 bits per heavy atom. The first-order valence-electron chi connectivity index (χ1n) is 10.8. The lowest BCUT2D eigenvalue weighted by Crippen LogP contribution is -2.46. The molecule has 2 N–H and O–H groups in total. The molecule has 2 fully saturated rings. The molecule has 0 spiro atoms. The zero-order chi connectivity index (χ0) is 19.8. The normalized spacial score (nSPS) is 24.1. The highest BCUT2D eigenvalue weighted by molar-refractivity contribution is 5.79. The first-order valence-corrected chi connectivity index (χ1v) is 10.8. The van der Waals surface area contributed by atoms with Crippen LogP contribution in [0.2, 0.25) is 0 Å². The Kier molecular flexibility index (Phi) is 8.58. The summed E-state index contributed by atoms with van der Waals surface area (Å²) in [5.74, 6) is 0.907. The summed E-state index contributed by atoms with van der Waals surface area (Å²) in [6, 6.07) is 0. The second kappa shape index (κ2) is 10.7. The van der Waals surface area contributed by atoms with Crippen LogP contribution in [0.25, 0.3) is 0 Å². The Balaban J connectivity index is 1.80. The quantitative estimate of drug-likeness (QED) is 0.658. The maximum atomic E-state index is 12.7. The monoisotopic (exact) mass is 379 g/mol. The van der Waals surface area contributed by atoms with Crippen LogP contribution >= 0.6 is 0 Å². The van der Waals surface area contributed by atoms with Gasteiger partial charge in [0, 0.05) is 44.9 Å². The molecule has 3 amide bonds. The molecule has 0 saturated carbocycles. The van der Waals surface area contributed by atoms with Gasteiger partial charge in [-0.05, 0) is 37.5 Å². The van der Waals surface area contributed by atoms with Gasteiger partial charge in [0.1, 0.15) is 0 Å². The Labute approximate surface area is 163 Å². The van der Waals surface area contributed by atoms with Crippen molar-refractivity contribution in [2.75, 3.05) is 26.2 Å². The van der Waals surface area contributed by atoms with Gasteiger partial charge in [0.05, 0.1) is 0 Å². The van der Waals surface area contributed by atoms with Crippen LogP contribution < -0.4 is 5.73 Å². The van der Waals surface area contributed by atoms with Gasteiger partial charge in [-0.25, -0.2) is 0 Å². The molecule has 0 bridgehead atoms. The number of amides is 3. The van der Waals surface area contributed by atoms with E-state index in [4.69, 9.17) is 5.73 Å². The van der Waals surface area contributed by atoms with E-state index in [1.165, 1.54) is 0 Å². The number of nitrogens with two attached hydrogens (primary N) is 1. The van der Waals surface area contributed by atoms with E-state index >= 15 is 0 Å². The molecule has 2 heterocycles. The molecule has 6 nitrogen and oxygen atoms in total. The zero-order valence-corrected chi connectivity index (χ0v) is 17.1. The summed E-state index contributed by atoms with van der Waals surface area (Å²) in [7, 11) is 0. The molecule has 2 atom stereocenters. The lowest BCUT2D eigenvalue weighted by Gasteiger charge is -2.39. The van der Waals surface area contributed by atoms with Gasteiger partial charge in [0.15, 0.2) is 0 Å². The highest BCUT2D eigenvalue weighted by Crippen LogP contribution is 2.30. The van der Waals surface area contributed by atoms with Crippen molar-refractivity contribution >= 4 is 17.7 Å². The average Bonchev–Trinajstić information content (AvgIpc) is 2.68. The van der Waals surface area contributed by atoms with Crippen LogP contribution in [0.3, 0.4) is 0 Å². The van der Waals surface area contributed by atoms with E-state index in [0.29, 0.717) is 50.6 Å². The minimum absolute atomic E-state index is 0.0839. The Hall–Kier alpha value is -1.59. The van der Waals surface area contributed by atoms with E-state index in [9.17, 15) is 14.4 Å². The maximum absolute atomic E-state index is 12.7. The largest absolute Gasteiger partial charge is 0.369 e. The molecule has 2 aliphatic rings. The van der Waals surface area contributed by atoms with Crippen LogP contribution in [0.15, 0.2) is 0 Å². The Bertz CT molecular complexity index is 515. The van der Waals surface area contributed by atoms with Crippen molar-refractivity contribution in [2.24, 2.45) is 23.5 Å². The third-order valence-electron chi connectivity index (χ3n) is 6.45. The Morgan fingerprint density at radius 1 is 0.889 bits per heavy atom. The van der Waals surface area contributed by atoms with Crippen LogP contribution in [-0.4, -0.2) is 53.7 Å². The fourth-order valence-electron chi connectivity index (χ4n) is 4.49. The van der Waals surface area contributed by atoms with E-state index in [-0.39, 0.29) is 23.6 Å². The van der Waals surface area contributed by atoms with E-state index in [1.54, 1.807) is 0 Å². The third-order valence-corrected chi connectivity index (χ3v) is 6.45. The van der Waals surface area contributed by atoms with Gasteiger partial charge >= 0.3 is 0 Å². The van der Waals surface area contributed by atoms with Crippen molar-refractivity contribution in [3.63, 3.8) is 0 Å². The summed E-state index contributed by atoms with van der Waals surface area (Å²) < 4.78 is 0. The molecule has 2 saturated heterocycles. The number of hydrogen-bond acceptors (Lipinski definition) is 3. The topological polar surface area (TPSA) is 83.7 Å². The molecule has 6 heteroatoms. The molecular weight excluding hydrogens is 342 g/mol. The van der Waals surface area contributed by atoms with Crippen LogP contribution in [0.4, 0.5) is 0 Å². The fourth-order valence-corrected chi connectivity index (χ4v) is 4.49. The summed E-state index contributed by atoms with van der Waals surface area (Å²) in [5.41, 5.74) is 5.38. The van der Waals surface area contributed by atoms with Crippen molar-refractivity contribution in [2.45, 2.75) is 71.6 Å². The number of primary amides is 1. The summed E-state index contributed by atoms with van der Waals surface area (Å²) in [6.07, 6.45) is 7.73. The second-order valence-electron chi connectivity index (χ2n) is 8.28. The van der Waals surface area contributed by atoms with Gasteiger partial charge in [-0.1, -0.05) is 33.1 Å². The minimum Gasteiger partial charge on any atom is -0.369 e. The lowest BCUT2D eigenvalue weighted by atomic mass is 9.81. The number of nitrogens with zero attached hydrogens (tertiary/aromatic N) is 2. The molecular formula is C21H37N3O3. The molecule has 154 valence electrons. The van der Waals surface area contributed by atoms with Crippen LogP contribution in [0, 0.1) is 17.8 Å². The highest BCUT2D eigenvalue weighted by Gasteiger charge is 2.33. The molecule has 27 heavy (non-hydrogen) atoms. The smallest absolute Gasteiger partial charge is 0.222 e. The van der Waals surface area contributed by atoms with E-state index in [1.807, 2.05) is 9.80 Å². The van der Waals surface area contributed by atoms with Gasteiger partial charge in [-0.3, -0.25) is 14.4 Å². The van der Waals surface area contributed by atoms with Crippen molar-refractivity contribution in [1.82, 2.24) is 9.80 Å². The molecule has 2 aliphatic heterocycles. The molecule has 2 rings (SSSR count). The van der Waals surface area contributed by atoms with Crippen molar-refractivity contribution < 1.29 is 14.4 Å². The Morgan fingerprint density at radius 2 is 1.56 bits per heavy atom. The maximum Gasteiger partial charge on any atom is 0.222 e. The molecule has 0 aromatic heterocycles. The first-order chi connectivity index (χ1) is 13.0. The number of hydrogen-bond donors (Lipinski definition) is 1. The van der Waals surface area contributed by atoms with Crippen molar-refractivity contribution in [1.29, 1.82) is 0 Å². The predicted octanol–water partition coefficient (Wildman–Crippen LogP) is 2.56. The molecule has 0 aliphatic carbocycles. The summed E-state index contributed by atoms with van der Waals surface area (Å²) >= 11 is 0. The summed E-state index contributed by atoms with van der Waals surface area (Å²) in [4.78, 5) is 40.3. The SMILES string of the molecule is CCCCCC(=O)N1CCC(CC(=O)N2CCC(C(N)=O)CC2)C(CC)C1. The van der Waals surface area contributed by atoms with Gasteiger partial charge in [-0.15, -0.1) is 0 Å². The number of likely N-dealkylation sites (tertiary alicyclic amines) is 2. The van der Waals surface area contributed by atoms with Crippen molar-refractivity contribution in [3.8, 4) is 0 Å². The predicted molar refractivity (Wildman–Crippen MR) is 106 cm³/mol. The molecule has 2 unspecified atom stereocenters. The molecule has 0 aromatic rings. The third kappa shape index (κ3) is 6.22. The number of carbonyl (C=O) groups excluding carboxylic acids is 3. The van der Waals surface area contributed by atoms with Crippen LogP contribution in [0.1, 0.15) is 71.6 Å². The van der Waals surface area contributed by atoms with Gasteiger partial charge in [-0.2, -0.15) is 0 Å². The average molecular weight is 380 g/mol. The van der Waals surface area contributed by atoms with E-state index in [0.717, 1.165) is 45.2 Å². The lowest BCUT2D eigenvalue weighted by molar-refractivity contribution is -0.138. The van der Waals surface area contributed by atoms with Gasteiger partial charge in [0.2, 0.25) is 17.7 Å². The summed E-state index contributed by atoms with van der Waals surface area (Å²) in [6.45, 7) is 7.16. The standard InChI is InChI=1S/C21H37N3O3/c1-3-5-6-7-19(25)24-13-10-18(16(4-2)15-24)14-20(26)23-11-8-17(9-12-23)21(22)27/h16-18H,3-15H2,1-2H3,(H2,22,27). The van der Waals surface area contributed by atoms with Crippen LogP contribution in [0.5, 0.6) is 0 Å². The first kappa shape index (κ1) is 21.7. The van der Waals surface area contributed by atoms with Gasteiger partial charge < -0.3 is 15.5 Å².